The standard InChI is InChI=1S/C12H18N2O3/c1-12(2,7-15)14(3)8-4-5-9(11(16)17)10(13)6-8/h4-6,15H,7,13H2,1-3H3,(H,16,17). The molecule has 0 spiro atoms. The maximum absolute atomic E-state index is 10.8. The molecule has 0 bridgehead atoms. The summed E-state index contributed by atoms with van der Waals surface area (Å²) in [6.45, 7) is 3.76. The molecule has 0 radical (unpaired) electrons. The molecule has 0 aliphatic carbocycles. The van der Waals surface area contributed by atoms with Crippen molar-refractivity contribution in [2.75, 3.05) is 24.3 Å². The lowest BCUT2D eigenvalue weighted by atomic mass is 10.0. The Hall–Kier alpha value is -1.75. The zero-order valence-corrected chi connectivity index (χ0v) is 10.3. The van der Waals surface area contributed by atoms with Crippen molar-refractivity contribution in [3.8, 4) is 0 Å². The summed E-state index contributed by atoms with van der Waals surface area (Å²) in [4.78, 5) is 12.7. The third-order valence-corrected chi connectivity index (χ3v) is 2.95. The van der Waals surface area contributed by atoms with Crippen LogP contribution in [0.5, 0.6) is 0 Å². The summed E-state index contributed by atoms with van der Waals surface area (Å²) in [6, 6.07) is 4.75. The molecule has 0 aliphatic rings. The van der Waals surface area contributed by atoms with Crippen LogP contribution in [0.3, 0.4) is 0 Å². The van der Waals surface area contributed by atoms with Crippen LogP contribution in [-0.4, -0.2) is 35.4 Å². The van der Waals surface area contributed by atoms with Crippen LogP contribution in [0.1, 0.15) is 24.2 Å². The molecule has 0 saturated carbocycles. The van der Waals surface area contributed by atoms with Crippen molar-refractivity contribution >= 4 is 17.3 Å². The molecule has 0 aromatic heterocycles. The highest BCUT2D eigenvalue weighted by Gasteiger charge is 2.23. The Balaban J connectivity index is 3.10. The third-order valence-electron chi connectivity index (χ3n) is 2.95. The summed E-state index contributed by atoms with van der Waals surface area (Å²) >= 11 is 0. The Morgan fingerprint density at radius 1 is 1.47 bits per heavy atom. The quantitative estimate of drug-likeness (QED) is 0.685. The number of anilines is 2. The summed E-state index contributed by atoms with van der Waals surface area (Å²) in [5.41, 5.74) is 6.32. The zero-order valence-electron chi connectivity index (χ0n) is 10.3. The third kappa shape index (κ3) is 2.68. The van der Waals surface area contributed by atoms with Gasteiger partial charge in [0.2, 0.25) is 0 Å². The lowest BCUT2D eigenvalue weighted by molar-refractivity contribution is 0.0698. The molecule has 0 unspecified atom stereocenters. The minimum Gasteiger partial charge on any atom is -0.478 e. The molecule has 5 heteroatoms. The molecule has 1 aromatic rings. The summed E-state index contributed by atoms with van der Waals surface area (Å²) in [6.07, 6.45) is 0. The van der Waals surface area contributed by atoms with Crippen molar-refractivity contribution in [2.45, 2.75) is 19.4 Å². The molecule has 5 nitrogen and oxygen atoms in total. The van der Waals surface area contributed by atoms with Gasteiger partial charge in [-0.2, -0.15) is 0 Å². The van der Waals surface area contributed by atoms with E-state index in [9.17, 15) is 9.90 Å². The Labute approximate surface area is 100 Å². The van der Waals surface area contributed by atoms with Crippen LogP contribution in [0, 0.1) is 0 Å². The topological polar surface area (TPSA) is 86.8 Å². The lowest BCUT2D eigenvalue weighted by Crippen LogP contribution is -2.44. The number of carboxylic acids is 1. The number of aromatic carboxylic acids is 1. The van der Waals surface area contributed by atoms with Crippen LogP contribution < -0.4 is 10.6 Å². The molecular weight excluding hydrogens is 220 g/mol. The highest BCUT2D eigenvalue weighted by molar-refractivity contribution is 5.94. The van der Waals surface area contributed by atoms with E-state index >= 15 is 0 Å². The Bertz CT molecular complexity index is 430. The van der Waals surface area contributed by atoms with Gasteiger partial charge < -0.3 is 20.8 Å². The fourth-order valence-electron chi connectivity index (χ4n) is 1.41. The lowest BCUT2D eigenvalue weighted by Gasteiger charge is -2.36. The summed E-state index contributed by atoms with van der Waals surface area (Å²) < 4.78 is 0. The summed E-state index contributed by atoms with van der Waals surface area (Å²) in [5, 5.41) is 18.1. The number of nitrogens with two attached hydrogens (primary N) is 1. The second-order valence-electron chi connectivity index (χ2n) is 4.61. The van der Waals surface area contributed by atoms with Gasteiger partial charge in [0.1, 0.15) is 0 Å². The van der Waals surface area contributed by atoms with Crippen LogP contribution in [0.4, 0.5) is 11.4 Å². The average Bonchev–Trinajstić information content (AvgIpc) is 2.27. The number of hydrogen-bond acceptors (Lipinski definition) is 4. The van der Waals surface area contributed by atoms with Gasteiger partial charge in [0, 0.05) is 18.4 Å². The second-order valence-corrected chi connectivity index (χ2v) is 4.61. The highest BCUT2D eigenvalue weighted by atomic mass is 16.4. The number of aliphatic hydroxyl groups excluding tert-OH is 1. The second kappa shape index (κ2) is 4.63. The monoisotopic (exact) mass is 238 g/mol. The van der Waals surface area contributed by atoms with Crippen LogP contribution >= 0.6 is 0 Å². The molecule has 17 heavy (non-hydrogen) atoms. The Morgan fingerprint density at radius 2 is 2.06 bits per heavy atom. The van der Waals surface area contributed by atoms with E-state index in [0.29, 0.717) is 0 Å². The predicted octanol–water partition coefficient (Wildman–Crippen LogP) is 1.17. The van der Waals surface area contributed by atoms with Gasteiger partial charge in [-0.3, -0.25) is 0 Å². The van der Waals surface area contributed by atoms with Gasteiger partial charge in [-0.1, -0.05) is 0 Å². The van der Waals surface area contributed by atoms with Gasteiger partial charge >= 0.3 is 5.97 Å². The Kier molecular flexibility index (Phi) is 3.63. The van der Waals surface area contributed by atoms with Crippen LogP contribution in [-0.2, 0) is 0 Å². The Morgan fingerprint density at radius 3 is 2.47 bits per heavy atom. The van der Waals surface area contributed by atoms with Gasteiger partial charge in [0.15, 0.2) is 0 Å². The largest absolute Gasteiger partial charge is 0.478 e. The average molecular weight is 238 g/mol. The number of nitrogen functional groups attached to an aromatic ring is 1. The number of nitrogens with zero attached hydrogens (tertiary/aromatic N) is 1. The van der Waals surface area contributed by atoms with Crippen molar-refractivity contribution in [3.63, 3.8) is 0 Å². The minimum atomic E-state index is -1.04. The van der Waals surface area contributed by atoms with E-state index in [2.05, 4.69) is 0 Å². The molecule has 0 fully saturated rings. The number of rotatable bonds is 4. The van der Waals surface area contributed by atoms with Crippen LogP contribution in [0.15, 0.2) is 18.2 Å². The van der Waals surface area contributed by atoms with Crippen LogP contribution in [0.25, 0.3) is 0 Å². The number of benzene rings is 1. The number of carbonyl (C=O) groups is 1. The SMILES string of the molecule is CN(c1ccc(C(=O)O)c(N)c1)C(C)(C)CO. The minimum absolute atomic E-state index is 0.00983. The van der Waals surface area contributed by atoms with Gasteiger partial charge in [-0.05, 0) is 32.0 Å². The molecule has 0 atom stereocenters. The van der Waals surface area contributed by atoms with Gasteiger partial charge in [-0.15, -0.1) is 0 Å². The molecule has 94 valence electrons. The maximum Gasteiger partial charge on any atom is 0.337 e. The number of aliphatic hydroxyl groups is 1. The van der Waals surface area contributed by atoms with Gasteiger partial charge in [0.25, 0.3) is 0 Å². The van der Waals surface area contributed by atoms with Crippen molar-refractivity contribution in [1.29, 1.82) is 0 Å². The normalized spacial score (nSPS) is 11.3. The van der Waals surface area contributed by atoms with Crippen molar-refractivity contribution < 1.29 is 15.0 Å². The smallest absolute Gasteiger partial charge is 0.337 e. The van der Waals surface area contributed by atoms with Gasteiger partial charge in [-0.25, -0.2) is 4.79 Å². The molecule has 0 saturated heterocycles. The van der Waals surface area contributed by atoms with Crippen molar-refractivity contribution in [1.82, 2.24) is 0 Å². The molecule has 1 rings (SSSR count). The molecule has 0 aliphatic heterocycles. The first-order valence-corrected chi connectivity index (χ1v) is 5.27. The number of hydrogen-bond donors (Lipinski definition) is 3. The fourth-order valence-corrected chi connectivity index (χ4v) is 1.41. The predicted molar refractivity (Wildman–Crippen MR) is 67.4 cm³/mol. The van der Waals surface area contributed by atoms with Crippen molar-refractivity contribution in [2.24, 2.45) is 0 Å². The zero-order chi connectivity index (χ0) is 13.2. The van der Waals surface area contributed by atoms with Crippen LogP contribution in [0.2, 0.25) is 0 Å². The number of carboxylic acid groups (broad SMARTS) is 1. The first kappa shape index (κ1) is 13.3. The molecular formula is C12H18N2O3. The molecule has 0 amide bonds. The van der Waals surface area contributed by atoms with E-state index in [-0.39, 0.29) is 17.9 Å². The van der Waals surface area contributed by atoms with E-state index in [1.807, 2.05) is 25.8 Å². The highest BCUT2D eigenvalue weighted by Crippen LogP contribution is 2.25. The first-order chi connectivity index (χ1) is 7.79. The molecule has 0 heterocycles. The summed E-state index contributed by atoms with van der Waals surface area (Å²) in [5.74, 6) is -1.04. The fraction of sp³-hybridized carbons (Fsp3) is 0.417. The van der Waals surface area contributed by atoms with E-state index in [1.165, 1.54) is 6.07 Å². The first-order valence-electron chi connectivity index (χ1n) is 5.27. The van der Waals surface area contributed by atoms with E-state index < -0.39 is 11.5 Å². The number of likely N-dealkylation sites (N-methyl/N-ethyl adjacent to an activating group) is 1. The molecule has 4 N–H and O–H groups in total. The maximum atomic E-state index is 10.8. The summed E-state index contributed by atoms with van der Waals surface area (Å²) in [7, 11) is 1.82. The van der Waals surface area contributed by atoms with E-state index in [0.717, 1.165) is 5.69 Å². The van der Waals surface area contributed by atoms with Gasteiger partial charge in [0.05, 0.1) is 17.7 Å². The van der Waals surface area contributed by atoms with E-state index in [4.69, 9.17) is 10.8 Å². The van der Waals surface area contributed by atoms with Crippen molar-refractivity contribution in [3.05, 3.63) is 23.8 Å². The molecule has 1 aromatic carbocycles. The van der Waals surface area contributed by atoms with E-state index in [1.54, 1.807) is 12.1 Å².